The molecule has 1 saturated heterocycles. The van der Waals surface area contributed by atoms with Gasteiger partial charge in [0.15, 0.2) is 0 Å². The fourth-order valence-corrected chi connectivity index (χ4v) is 4.78. The highest BCUT2D eigenvalue weighted by Gasteiger charge is 2.44. The maximum absolute atomic E-state index is 6.59. The average molecular weight is 525 g/mol. The molecule has 0 aromatic heterocycles. The van der Waals surface area contributed by atoms with Gasteiger partial charge in [-0.1, -0.05) is 109 Å². The number of hydrogen-bond acceptors (Lipinski definition) is 5. The van der Waals surface area contributed by atoms with E-state index < -0.39 is 18.5 Å². The summed E-state index contributed by atoms with van der Waals surface area (Å²) in [6.07, 6.45) is -1.94. The van der Waals surface area contributed by atoms with Gasteiger partial charge < -0.3 is 23.7 Å². The predicted octanol–water partition coefficient (Wildman–Crippen LogP) is 6.79. The van der Waals surface area contributed by atoms with Gasteiger partial charge in [-0.2, -0.15) is 0 Å². The van der Waals surface area contributed by atoms with E-state index in [0.29, 0.717) is 26.4 Å². The van der Waals surface area contributed by atoms with Crippen LogP contribution in [0.25, 0.3) is 0 Å². The van der Waals surface area contributed by atoms with Crippen LogP contribution in [0.3, 0.4) is 0 Å². The molecule has 0 radical (unpaired) electrons. The molecular weight excluding hydrogens is 488 g/mol. The predicted molar refractivity (Wildman–Crippen MR) is 151 cm³/mol. The van der Waals surface area contributed by atoms with Crippen LogP contribution >= 0.6 is 0 Å². The van der Waals surface area contributed by atoms with Crippen LogP contribution in [0.5, 0.6) is 5.75 Å². The average Bonchev–Trinajstić information content (AvgIpc) is 2.98. The molecule has 0 unspecified atom stereocenters. The first-order valence-electron chi connectivity index (χ1n) is 13.5. The molecule has 0 aliphatic carbocycles. The Hall–Kier alpha value is -3.48. The van der Waals surface area contributed by atoms with E-state index in [2.05, 4.69) is 24.3 Å². The summed E-state index contributed by atoms with van der Waals surface area (Å²) in [6, 6.07) is 36.5. The molecule has 0 spiro atoms. The number of rotatable bonds is 11. The molecule has 1 heterocycles. The normalized spacial score (nSPS) is 21.0. The van der Waals surface area contributed by atoms with Gasteiger partial charge in [-0.25, -0.2) is 0 Å². The summed E-state index contributed by atoms with van der Waals surface area (Å²) in [6.45, 7) is 5.69. The number of ether oxygens (including phenoxy) is 5. The van der Waals surface area contributed by atoms with Crippen molar-refractivity contribution in [3.05, 3.63) is 137 Å². The van der Waals surface area contributed by atoms with E-state index in [0.717, 1.165) is 33.6 Å². The van der Waals surface area contributed by atoms with E-state index in [4.69, 9.17) is 23.7 Å². The van der Waals surface area contributed by atoms with Gasteiger partial charge in [0, 0.05) is 0 Å². The number of benzene rings is 4. The van der Waals surface area contributed by atoms with E-state index >= 15 is 0 Å². The Labute approximate surface area is 231 Å². The van der Waals surface area contributed by atoms with Crippen molar-refractivity contribution in [2.45, 2.75) is 58.3 Å². The highest BCUT2D eigenvalue weighted by atomic mass is 16.7. The van der Waals surface area contributed by atoms with Gasteiger partial charge in [0.25, 0.3) is 0 Å². The largest absolute Gasteiger partial charge is 0.461 e. The van der Waals surface area contributed by atoms with Crippen molar-refractivity contribution in [2.75, 3.05) is 6.61 Å². The zero-order valence-electron chi connectivity index (χ0n) is 22.6. The number of hydrogen-bond donors (Lipinski definition) is 0. The maximum Gasteiger partial charge on any atom is 0.229 e. The molecule has 5 nitrogen and oxygen atoms in total. The van der Waals surface area contributed by atoms with Gasteiger partial charge in [0.2, 0.25) is 6.29 Å². The second-order valence-electron chi connectivity index (χ2n) is 9.90. The van der Waals surface area contributed by atoms with E-state index in [1.807, 2.05) is 98.8 Å². The minimum atomic E-state index is -0.661. The molecule has 5 heteroatoms. The van der Waals surface area contributed by atoms with Crippen molar-refractivity contribution in [3.8, 4) is 5.75 Å². The first kappa shape index (κ1) is 27.1. The molecular formula is C34H36O5. The van der Waals surface area contributed by atoms with E-state index in [1.165, 1.54) is 0 Å². The first-order valence-corrected chi connectivity index (χ1v) is 13.5. The summed E-state index contributed by atoms with van der Waals surface area (Å²) in [5.41, 5.74) is 5.33. The van der Waals surface area contributed by atoms with Crippen LogP contribution < -0.4 is 4.74 Å². The van der Waals surface area contributed by atoms with Crippen LogP contribution in [0, 0.1) is 13.8 Å². The SMILES string of the molecule is Cc1cccc(C)c1O[C@@H]1OC[C@@H](OCc2ccccc2)[C@H](OCc2ccccc2)[C@H]1OCc1ccccc1. The third-order valence-electron chi connectivity index (χ3n) is 6.90. The fraction of sp³-hybridized carbons (Fsp3) is 0.294. The van der Waals surface area contributed by atoms with Crippen LogP contribution in [0.1, 0.15) is 27.8 Å². The maximum atomic E-state index is 6.59. The lowest BCUT2D eigenvalue weighted by Gasteiger charge is -2.42. The summed E-state index contributed by atoms with van der Waals surface area (Å²) in [4.78, 5) is 0. The molecule has 39 heavy (non-hydrogen) atoms. The van der Waals surface area contributed by atoms with E-state index in [1.54, 1.807) is 0 Å². The second-order valence-corrected chi connectivity index (χ2v) is 9.90. The van der Waals surface area contributed by atoms with Gasteiger partial charge in [0.1, 0.15) is 24.1 Å². The van der Waals surface area contributed by atoms with Gasteiger partial charge in [-0.05, 0) is 41.7 Å². The molecule has 0 N–H and O–H groups in total. The van der Waals surface area contributed by atoms with Crippen LogP contribution in [0.15, 0.2) is 109 Å². The number of para-hydroxylation sites is 1. The topological polar surface area (TPSA) is 46.2 Å². The molecule has 0 amide bonds. The van der Waals surface area contributed by atoms with E-state index in [-0.39, 0.29) is 6.10 Å². The van der Waals surface area contributed by atoms with Crippen LogP contribution in [0.2, 0.25) is 0 Å². The molecule has 0 saturated carbocycles. The Morgan fingerprint density at radius 1 is 0.564 bits per heavy atom. The molecule has 202 valence electrons. The molecule has 4 aromatic rings. The lowest BCUT2D eigenvalue weighted by molar-refractivity contribution is -0.278. The minimum absolute atomic E-state index is 0.326. The Morgan fingerprint density at radius 3 is 1.54 bits per heavy atom. The lowest BCUT2D eigenvalue weighted by Crippen LogP contribution is -2.57. The molecule has 5 rings (SSSR count). The highest BCUT2D eigenvalue weighted by Crippen LogP contribution is 2.31. The lowest BCUT2D eigenvalue weighted by atomic mass is 10.0. The van der Waals surface area contributed by atoms with Crippen LogP contribution in [0.4, 0.5) is 0 Å². The van der Waals surface area contributed by atoms with Crippen molar-refractivity contribution in [2.24, 2.45) is 0 Å². The van der Waals surface area contributed by atoms with Crippen molar-refractivity contribution in [1.29, 1.82) is 0 Å². The van der Waals surface area contributed by atoms with Crippen LogP contribution in [-0.4, -0.2) is 31.2 Å². The summed E-state index contributed by atoms with van der Waals surface area (Å²) in [7, 11) is 0. The van der Waals surface area contributed by atoms with Gasteiger partial charge in [-0.3, -0.25) is 0 Å². The zero-order valence-corrected chi connectivity index (χ0v) is 22.6. The van der Waals surface area contributed by atoms with Crippen molar-refractivity contribution in [1.82, 2.24) is 0 Å². The summed E-state index contributed by atoms with van der Waals surface area (Å²) in [5, 5.41) is 0. The molecule has 0 bridgehead atoms. The standard InChI is InChI=1S/C34H36O5/c1-25-13-12-14-26(2)31(25)39-34-33(37-23-29-19-10-5-11-20-29)32(36-22-28-17-8-4-9-18-28)30(24-38-34)35-21-27-15-6-3-7-16-27/h3-20,30,32-34H,21-24H2,1-2H3/t30-,32+,33-,34+/m1/s1. The van der Waals surface area contributed by atoms with Gasteiger partial charge in [0.05, 0.1) is 26.4 Å². The Kier molecular flexibility index (Phi) is 9.41. The van der Waals surface area contributed by atoms with E-state index in [9.17, 15) is 0 Å². The highest BCUT2D eigenvalue weighted by molar-refractivity contribution is 5.40. The Balaban J connectivity index is 1.41. The molecule has 1 aliphatic rings. The van der Waals surface area contributed by atoms with Crippen molar-refractivity contribution < 1.29 is 23.7 Å². The molecule has 1 fully saturated rings. The van der Waals surface area contributed by atoms with Crippen molar-refractivity contribution in [3.63, 3.8) is 0 Å². The third-order valence-corrected chi connectivity index (χ3v) is 6.90. The minimum Gasteiger partial charge on any atom is -0.461 e. The molecule has 4 atom stereocenters. The monoisotopic (exact) mass is 524 g/mol. The number of aryl methyl sites for hydroxylation is 2. The summed E-state index contributed by atoms with van der Waals surface area (Å²) < 4.78 is 32.4. The van der Waals surface area contributed by atoms with Crippen molar-refractivity contribution >= 4 is 0 Å². The Bertz CT molecular complexity index is 1260. The van der Waals surface area contributed by atoms with Gasteiger partial charge >= 0.3 is 0 Å². The smallest absolute Gasteiger partial charge is 0.229 e. The third kappa shape index (κ3) is 7.34. The van der Waals surface area contributed by atoms with Gasteiger partial charge in [-0.15, -0.1) is 0 Å². The quantitative estimate of drug-likeness (QED) is 0.216. The first-order chi connectivity index (χ1) is 19.2. The fourth-order valence-electron chi connectivity index (χ4n) is 4.78. The molecule has 4 aromatic carbocycles. The van der Waals surface area contributed by atoms with Crippen LogP contribution in [-0.2, 0) is 38.8 Å². The zero-order chi connectivity index (χ0) is 26.9. The summed E-state index contributed by atoms with van der Waals surface area (Å²) in [5.74, 6) is 0.807. The molecule has 1 aliphatic heterocycles. The summed E-state index contributed by atoms with van der Waals surface area (Å²) >= 11 is 0. The Morgan fingerprint density at radius 2 is 1.03 bits per heavy atom. The second kappa shape index (κ2) is 13.5.